The van der Waals surface area contributed by atoms with Crippen LogP contribution in [0.2, 0.25) is 5.02 Å². The van der Waals surface area contributed by atoms with Gasteiger partial charge < -0.3 is 10.6 Å². The van der Waals surface area contributed by atoms with Crippen LogP contribution in [0.5, 0.6) is 0 Å². The SMILES string of the molecule is C[C@H](NC(=O)C[NH2+][C@H](c1ccccc1)c1cccs1)c1ccc(Cl)cc1. The zero-order valence-electron chi connectivity index (χ0n) is 14.6. The van der Waals surface area contributed by atoms with Gasteiger partial charge in [-0.1, -0.05) is 60.1 Å². The summed E-state index contributed by atoms with van der Waals surface area (Å²) in [6.07, 6.45) is 0. The van der Waals surface area contributed by atoms with Crippen LogP contribution in [0.3, 0.4) is 0 Å². The highest BCUT2D eigenvalue weighted by molar-refractivity contribution is 7.10. The fraction of sp³-hybridized carbons (Fsp3) is 0.190. The van der Waals surface area contributed by atoms with E-state index < -0.39 is 0 Å². The van der Waals surface area contributed by atoms with Crippen molar-refractivity contribution in [1.29, 1.82) is 0 Å². The molecule has 3 nitrogen and oxygen atoms in total. The van der Waals surface area contributed by atoms with E-state index in [0.717, 1.165) is 5.56 Å². The molecule has 26 heavy (non-hydrogen) atoms. The predicted octanol–water partition coefficient (Wildman–Crippen LogP) is 3.93. The third-order valence-corrected chi connectivity index (χ3v) is 5.50. The molecule has 1 heterocycles. The second-order valence-corrected chi connectivity index (χ2v) is 7.60. The normalized spacial score (nSPS) is 13.2. The summed E-state index contributed by atoms with van der Waals surface area (Å²) in [6, 6.07) is 22.1. The van der Waals surface area contributed by atoms with E-state index >= 15 is 0 Å². The van der Waals surface area contributed by atoms with E-state index in [1.54, 1.807) is 11.3 Å². The van der Waals surface area contributed by atoms with Crippen molar-refractivity contribution in [3.63, 3.8) is 0 Å². The number of halogens is 1. The Kier molecular flexibility index (Phi) is 6.45. The minimum Gasteiger partial charge on any atom is -0.345 e. The highest BCUT2D eigenvalue weighted by atomic mass is 35.5. The van der Waals surface area contributed by atoms with E-state index in [9.17, 15) is 4.79 Å². The van der Waals surface area contributed by atoms with Gasteiger partial charge in [-0.25, -0.2) is 0 Å². The fourth-order valence-electron chi connectivity index (χ4n) is 2.91. The molecule has 0 bridgehead atoms. The molecular weight excluding hydrogens is 364 g/mol. The van der Waals surface area contributed by atoms with Crippen LogP contribution in [0.1, 0.15) is 35.0 Å². The average molecular weight is 386 g/mol. The maximum Gasteiger partial charge on any atom is 0.275 e. The number of carbonyl (C=O) groups excluding carboxylic acids is 1. The van der Waals surface area contributed by atoms with Crippen molar-refractivity contribution >= 4 is 28.8 Å². The smallest absolute Gasteiger partial charge is 0.275 e. The molecule has 0 aliphatic carbocycles. The second kappa shape index (κ2) is 8.99. The summed E-state index contributed by atoms with van der Waals surface area (Å²) in [7, 11) is 0. The van der Waals surface area contributed by atoms with Crippen molar-refractivity contribution in [3.05, 3.63) is 93.1 Å². The maximum atomic E-state index is 12.4. The number of hydrogen-bond donors (Lipinski definition) is 2. The Morgan fingerprint density at radius 3 is 2.42 bits per heavy atom. The number of thiophene rings is 1. The third kappa shape index (κ3) is 4.94. The summed E-state index contributed by atoms with van der Waals surface area (Å²) >= 11 is 7.64. The lowest BCUT2D eigenvalue weighted by Gasteiger charge is -2.17. The minimum atomic E-state index is -0.0509. The van der Waals surface area contributed by atoms with Gasteiger partial charge in [-0.15, -0.1) is 11.3 Å². The molecule has 3 N–H and O–H groups in total. The lowest BCUT2D eigenvalue weighted by Crippen LogP contribution is -2.87. The van der Waals surface area contributed by atoms with Gasteiger partial charge in [0.25, 0.3) is 5.91 Å². The number of nitrogens with one attached hydrogen (secondary N) is 1. The van der Waals surface area contributed by atoms with Crippen molar-refractivity contribution in [2.75, 3.05) is 6.54 Å². The molecule has 0 aliphatic heterocycles. The molecule has 1 amide bonds. The minimum absolute atomic E-state index is 0.0185. The van der Waals surface area contributed by atoms with Crippen LogP contribution in [0.15, 0.2) is 72.1 Å². The highest BCUT2D eigenvalue weighted by Crippen LogP contribution is 2.22. The van der Waals surface area contributed by atoms with Crippen LogP contribution in [0.25, 0.3) is 0 Å². The maximum absolute atomic E-state index is 12.4. The number of benzene rings is 2. The van der Waals surface area contributed by atoms with Gasteiger partial charge in [-0.2, -0.15) is 0 Å². The zero-order chi connectivity index (χ0) is 18.4. The van der Waals surface area contributed by atoms with Crippen LogP contribution in [-0.4, -0.2) is 12.5 Å². The number of carbonyl (C=O) groups is 1. The summed E-state index contributed by atoms with van der Waals surface area (Å²) in [5.41, 5.74) is 2.24. The third-order valence-electron chi connectivity index (χ3n) is 4.29. The molecule has 0 aliphatic rings. The molecular formula is C21H22ClN2OS+. The van der Waals surface area contributed by atoms with Gasteiger partial charge in [0.05, 0.1) is 10.9 Å². The van der Waals surface area contributed by atoms with E-state index in [2.05, 4.69) is 34.2 Å². The molecule has 2 aromatic carbocycles. The van der Waals surface area contributed by atoms with Gasteiger partial charge in [0.2, 0.25) is 0 Å². The zero-order valence-corrected chi connectivity index (χ0v) is 16.1. The number of nitrogens with two attached hydrogens (primary N) is 1. The summed E-state index contributed by atoms with van der Waals surface area (Å²) < 4.78 is 0. The summed E-state index contributed by atoms with van der Waals surface area (Å²) in [5.74, 6) is 0.0185. The van der Waals surface area contributed by atoms with Crippen molar-refractivity contribution in [2.45, 2.75) is 19.0 Å². The molecule has 0 unspecified atom stereocenters. The molecule has 5 heteroatoms. The van der Waals surface area contributed by atoms with Gasteiger partial charge in [0.15, 0.2) is 6.54 Å². The Labute approximate surface area is 163 Å². The van der Waals surface area contributed by atoms with E-state index in [4.69, 9.17) is 11.6 Å². The number of amides is 1. The quantitative estimate of drug-likeness (QED) is 0.636. The Morgan fingerprint density at radius 1 is 1.04 bits per heavy atom. The van der Waals surface area contributed by atoms with Crippen molar-refractivity contribution in [2.24, 2.45) is 0 Å². The molecule has 1 aromatic heterocycles. The predicted molar refractivity (Wildman–Crippen MR) is 107 cm³/mol. The molecule has 2 atom stereocenters. The standard InChI is InChI=1S/C21H21ClN2OS/c1-15(16-9-11-18(22)12-10-16)24-20(25)14-23-21(19-8-5-13-26-19)17-6-3-2-4-7-17/h2-13,15,21,23H,14H2,1H3,(H,24,25)/p+1/t15-,21+/m0/s1. The van der Waals surface area contributed by atoms with Gasteiger partial charge in [-0.3, -0.25) is 4.79 Å². The molecule has 0 saturated carbocycles. The Morgan fingerprint density at radius 2 is 1.77 bits per heavy atom. The first-order valence-corrected chi connectivity index (χ1v) is 9.86. The highest BCUT2D eigenvalue weighted by Gasteiger charge is 2.20. The van der Waals surface area contributed by atoms with Crippen LogP contribution in [-0.2, 0) is 4.79 Å². The van der Waals surface area contributed by atoms with E-state index in [1.807, 2.05) is 55.5 Å². The largest absolute Gasteiger partial charge is 0.345 e. The monoisotopic (exact) mass is 385 g/mol. The first-order valence-electron chi connectivity index (χ1n) is 8.60. The Bertz CT molecular complexity index is 819. The van der Waals surface area contributed by atoms with Crippen molar-refractivity contribution < 1.29 is 10.1 Å². The summed E-state index contributed by atoms with van der Waals surface area (Å²) in [6.45, 7) is 2.35. The van der Waals surface area contributed by atoms with Gasteiger partial charge in [-0.05, 0) is 36.1 Å². The van der Waals surface area contributed by atoms with Crippen LogP contribution >= 0.6 is 22.9 Å². The Balaban J connectivity index is 1.62. The van der Waals surface area contributed by atoms with E-state index in [1.165, 1.54) is 10.4 Å². The van der Waals surface area contributed by atoms with Crippen molar-refractivity contribution in [1.82, 2.24) is 5.32 Å². The number of rotatable bonds is 7. The fourth-order valence-corrected chi connectivity index (χ4v) is 3.88. The van der Waals surface area contributed by atoms with Crippen molar-refractivity contribution in [3.8, 4) is 0 Å². The first-order chi connectivity index (χ1) is 12.6. The first kappa shape index (κ1) is 18.6. The molecule has 134 valence electrons. The molecule has 0 radical (unpaired) electrons. The topological polar surface area (TPSA) is 45.7 Å². The molecule has 3 rings (SSSR count). The molecule has 0 saturated heterocycles. The van der Waals surface area contributed by atoms with Gasteiger partial charge in [0, 0.05) is 10.6 Å². The molecule has 0 fully saturated rings. The second-order valence-electron chi connectivity index (χ2n) is 6.18. The van der Waals surface area contributed by atoms with Crippen LogP contribution in [0.4, 0.5) is 0 Å². The number of quaternary nitrogens is 1. The van der Waals surface area contributed by atoms with Gasteiger partial charge >= 0.3 is 0 Å². The van der Waals surface area contributed by atoms with Gasteiger partial charge in [0.1, 0.15) is 6.04 Å². The van der Waals surface area contributed by atoms with Crippen LogP contribution < -0.4 is 10.6 Å². The van der Waals surface area contributed by atoms with E-state index in [0.29, 0.717) is 11.6 Å². The summed E-state index contributed by atoms with van der Waals surface area (Å²) in [4.78, 5) is 13.7. The van der Waals surface area contributed by atoms with E-state index in [-0.39, 0.29) is 18.0 Å². The van der Waals surface area contributed by atoms with Crippen LogP contribution in [0, 0.1) is 0 Å². The lowest BCUT2D eigenvalue weighted by molar-refractivity contribution is -0.676. The molecule has 0 spiro atoms. The Hall–Kier alpha value is -2.14. The summed E-state index contributed by atoms with van der Waals surface area (Å²) in [5, 5.41) is 7.91. The lowest BCUT2D eigenvalue weighted by atomic mass is 10.1. The number of hydrogen-bond acceptors (Lipinski definition) is 2. The average Bonchev–Trinajstić information content (AvgIpc) is 3.17. The molecule has 3 aromatic rings.